The molecule has 3 rings (SSSR count). The van der Waals surface area contributed by atoms with E-state index < -0.39 is 0 Å². The number of ether oxygens (including phenoxy) is 2. The molecule has 0 spiro atoms. The lowest BCUT2D eigenvalue weighted by Gasteiger charge is -2.15. The summed E-state index contributed by atoms with van der Waals surface area (Å²) in [6.45, 7) is 8.33. The summed E-state index contributed by atoms with van der Waals surface area (Å²) in [6, 6.07) is 13.3. The molecule has 2 aromatic carbocycles. The molecule has 0 fully saturated rings. The zero-order valence-electron chi connectivity index (χ0n) is 18.2. The lowest BCUT2D eigenvalue weighted by atomic mass is 10.1. The highest BCUT2D eigenvalue weighted by Crippen LogP contribution is 2.25. The summed E-state index contributed by atoms with van der Waals surface area (Å²) in [7, 11) is 3.08. The van der Waals surface area contributed by atoms with Crippen LogP contribution in [0.4, 0.5) is 0 Å². The number of hydrogen-bond acceptors (Lipinski definition) is 4. The van der Waals surface area contributed by atoms with Gasteiger partial charge in [0.25, 0.3) is 5.91 Å². The molecular formula is C24H27N3O3. The van der Waals surface area contributed by atoms with Crippen LogP contribution in [0.15, 0.2) is 47.6 Å². The van der Waals surface area contributed by atoms with Crippen molar-refractivity contribution in [3.8, 4) is 17.2 Å². The lowest BCUT2D eigenvalue weighted by Crippen LogP contribution is -2.17. The first-order valence-electron chi connectivity index (χ1n) is 9.67. The molecule has 0 radical (unpaired) electrons. The molecule has 0 aliphatic rings. The third kappa shape index (κ3) is 4.22. The molecule has 3 aromatic rings. The van der Waals surface area contributed by atoms with E-state index in [0.29, 0.717) is 17.1 Å². The standard InChI is InChI=1S/C24H27N3O3/c1-15-8-7-9-16(2)23(15)27-17(3)10-20(18(27)4)14-25-26-24(28)19-11-21(29-5)13-22(12-19)30-6/h7-14H,1-6H3,(H,26,28)/b25-14-. The summed E-state index contributed by atoms with van der Waals surface area (Å²) < 4.78 is 12.6. The number of hydrogen-bond donors (Lipinski definition) is 1. The number of rotatable bonds is 6. The molecule has 0 unspecified atom stereocenters. The predicted molar refractivity (Wildman–Crippen MR) is 119 cm³/mol. The summed E-state index contributed by atoms with van der Waals surface area (Å²) in [5, 5.41) is 4.16. The van der Waals surface area contributed by atoms with Gasteiger partial charge in [0.2, 0.25) is 0 Å². The lowest BCUT2D eigenvalue weighted by molar-refractivity contribution is 0.0954. The van der Waals surface area contributed by atoms with Crippen molar-refractivity contribution >= 4 is 12.1 Å². The topological polar surface area (TPSA) is 64.8 Å². The maximum atomic E-state index is 12.5. The molecule has 156 valence electrons. The first-order valence-corrected chi connectivity index (χ1v) is 9.67. The van der Waals surface area contributed by atoms with E-state index in [4.69, 9.17) is 9.47 Å². The van der Waals surface area contributed by atoms with Crippen molar-refractivity contribution in [2.45, 2.75) is 27.7 Å². The quantitative estimate of drug-likeness (QED) is 0.485. The Morgan fingerprint density at radius 2 is 1.57 bits per heavy atom. The number of aryl methyl sites for hydroxylation is 3. The zero-order valence-corrected chi connectivity index (χ0v) is 18.2. The molecule has 1 aromatic heterocycles. The van der Waals surface area contributed by atoms with Gasteiger partial charge < -0.3 is 14.0 Å². The molecule has 0 atom stereocenters. The fourth-order valence-corrected chi connectivity index (χ4v) is 3.58. The summed E-state index contributed by atoms with van der Waals surface area (Å²) in [6.07, 6.45) is 1.67. The number of nitrogens with zero attached hydrogens (tertiary/aromatic N) is 2. The number of carbonyl (C=O) groups is 1. The maximum absolute atomic E-state index is 12.5. The Morgan fingerprint density at radius 3 is 2.13 bits per heavy atom. The van der Waals surface area contributed by atoms with Crippen LogP contribution in [0, 0.1) is 27.7 Å². The molecule has 0 saturated heterocycles. The van der Waals surface area contributed by atoms with Gasteiger partial charge >= 0.3 is 0 Å². The fourth-order valence-electron chi connectivity index (χ4n) is 3.58. The first kappa shape index (κ1) is 21.2. The molecule has 0 bridgehead atoms. The Morgan fingerprint density at radius 1 is 0.967 bits per heavy atom. The Balaban J connectivity index is 1.84. The smallest absolute Gasteiger partial charge is 0.271 e. The van der Waals surface area contributed by atoms with E-state index in [1.165, 1.54) is 16.8 Å². The monoisotopic (exact) mass is 405 g/mol. The van der Waals surface area contributed by atoms with Crippen LogP contribution in [0.2, 0.25) is 0 Å². The van der Waals surface area contributed by atoms with Crippen LogP contribution in [-0.4, -0.2) is 30.9 Å². The molecule has 0 saturated carbocycles. The van der Waals surface area contributed by atoms with E-state index in [1.807, 2.05) is 0 Å². The SMILES string of the molecule is COc1cc(OC)cc(C(=O)N/N=C\c2cc(C)n(-c3c(C)cccc3C)c2C)c1. The Hall–Kier alpha value is -3.54. The van der Waals surface area contributed by atoms with Crippen LogP contribution in [0.1, 0.15) is 38.4 Å². The van der Waals surface area contributed by atoms with E-state index in [2.05, 4.69) is 67.1 Å². The summed E-state index contributed by atoms with van der Waals surface area (Å²) in [4.78, 5) is 12.5. The normalized spacial score (nSPS) is 11.0. The van der Waals surface area contributed by atoms with Gasteiger partial charge in [0, 0.05) is 28.6 Å². The van der Waals surface area contributed by atoms with Gasteiger partial charge in [-0.15, -0.1) is 0 Å². The highest BCUT2D eigenvalue weighted by Gasteiger charge is 2.13. The van der Waals surface area contributed by atoms with Gasteiger partial charge in [-0.05, 0) is 57.0 Å². The van der Waals surface area contributed by atoms with Crippen LogP contribution in [0.25, 0.3) is 5.69 Å². The molecule has 1 amide bonds. The van der Waals surface area contributed by atoms with Crippen molar-refractivity contribution in [2.24, 2.45) is 5.10 Å². The number of benzene rings is 2. The average Bonchev–Trinajstić information content (AvgIpc) is 3.01. The van der Waals surface area contributed by atoms with Crippen LogP contribution in [-0.2, 0) is 0 Å². The molecule has 1 heterocycles. The number of aromatic nitrogens is 1. The molecule has 0 aliphatic carbocycles. The van der Waals surface area contributed by atoms with Crippen molar-refractivity contribution in [2.75, 3.05) is 14.2 Å². The number of para-hydroxylation sites is 1. The van der Waals surface area contributed by atoms with Crippen molar-refractivity contribution < 1.29 is 14.3 Å². The maximum Gasteiger partial charge on any atom is 0.271 e. The molecule has 0 aliphatic heterocycles. The summed E-state index contributed by atoms with van der Waals surface area (Å²) >= 11 is 0. The summed E-state index contributed by atoms with van der Waals surface area (Å²) in [5.41, 5.74) is 9.69. The number of carbonyl (C=O) groups excluding carboxylic acids is 1. The Labute approximate surface area is 177 Å². The van der Waals surface area contributed by atoms with Crippen LogP contribution < -0.4 is 14.9 Å². The summed E-state index contributed by atoms with van der Waals surface area (Å²) in [5.74, 6) is 0.744. The van der Waals surface area contributed by atoms with Gasteiger partial charge in [-0.2, -0.15) is 5.10 Å². The predicted octanol–water partition coefficient (Wildman–Crippen LogP) is 4.49. The minimum atomic E-state index is -0.341. The van der Waals surface area contributed by atoms with E-state index in [9.17, 15) is 4.79 Å². The van der Waals surface area contributed by atoms with Crippen LogP contribution in [0.5, 0.6) is 11.5 Å². The molecular weight excluding hydrogens is 378 g/mol. The van der Waals surface area contributed by atoms with Crippen LogP contribution in [0.3, 0.4) is 0 Å². The average molecular weight is 405 g/mol. The van der Waals surface area contributed by atoms with Crippen molar-refractivity contribution in [1.29, 1.82) is 0 Å². The number of amides is 1. The van der Waals surface area contributed by atoms with Gasteiger partial charge in [-0.3, -0.25) is 4.79 Å². The molecule has 6 nitrogen and oxygen atoms in total. The van der Waals surface area contributed by atoms with E-state index in [-0.39, 0.29) is 5.91 Å². The first-order chi connectivity index (χ1) is 14.3. The van der Waals surface area contributed by atoms with Crippen molar-refractivity contribution in [3.05, 3.63) is 76.1 Å². The van der Waals surface area contributed by atoms with Crippen LogP contribution >= 0.6 is 0 Å². The van der Waals surface area contributed by atoms with Gasteiger partial charge in [-0.1, -0.05) is 18.2 Å². The fraction of sp³-hybridized carbons (Fsp3) is 0.250. The minimum absolute atomic E-state index is 0.341. The Kier molecular flexibility index (Phi) is 6.26. The molecule has 30 heavy (non-hydrogen) atoms. The van der Waals surface area contributed by atoms with Gasteiger partial charge in [-0.25, -0.2) is 5.43 Å². The Bertz CT molecular complexity index is 1070. The van der Waals surface area contributed by atoms with Gasteiger partial charge in [0.05, 0.1) is 26.1 Å². The highest BCUT2D eigenvalue weighted by atomic mass is 16.5. The number of nitrogens with one attached hydrogen (secondary N) is 1. The third-order valence-electron chi connectivity index (χ3n) is 5.12. The van der Waals surface area contributed by atoms with Crippen molar-refractivity contribution in [1.82, 2.24) is 9.99 Å². The largest absolute Gasteiger partial charge is 0.497 e. The molecule has 1 N–H and O–H groups in total. The van der Waals surface area contributed by atoms with E-state index in [0.717, 1.165) is 17.0 Å². The second-order valence-corrected chi connectivity index (χ2v) is 7.20. The van der Waals surface area contributed by atoms with Gasteiger partial charge in [0.1, 0.15) is 11.5 Å². The second-order valence-electron chi connectivity index (χ2n) is 7.20. The van der Waals surface area contributed by atoms with Gasteiger partial charge in [0.15, 0.2) is 0 Å². The van der Waals surface area contributed by atoms with Crippen molar-refractivity contribution in [3.63, 3.8) is 0 Å². The second kappa shape index (κ2) is 8.86. The number of hydrazone groups is 1. The van der Waals surface area contributed by atoms with E-state index >= 15 is 0 Å². The van der Waals surface area contributed by atoms with E-state index in [1.54, 1.807) is 38.6 Å². The highest BCUT2D eigenvalue weighted by molar-refractivity contribution is 5.95. The third-order valence-corrected chi connectivity index (χ3v) is 5.12. The zero-order chi connectivity index (χ0) is 21.8. The minimum Gasteiger partial charge on any atom is -0.497 e. The molecule has 6 heteroatoms. The number of methoxy groups -OCH3 is 2.